The van der Waals surface area contributed by atoms with E-state index in [0.717, 1.165) is 0 Å². The number of nitriles is 1. The number of nitrogens with zero attached hydrogens (tertiary/aromatic N) is 4. The lowest BCUT2D eigenvalue weighted by atomic mass is 9.87. The van der Waals surface area contributed by atoms with Gasteiger partial charge in [-0.1, -0.05) is 0 Å². The van der Waals surface area contributed by atoms with Crippen molar-refractivity contribution >= 4 is 28.5 Å². The first-order valence-corrected chi connectivity index (χ1v) is 8.42. The van der Waals surface area contributed by atoms with Crippen molar-refractivity contribution in [2.75, 3.05) is 18.4 Å². The number of nitrogens with one attached hydrogen (secondary N) is 2. The lowest BCUT2D eigenvalue weighted by Crippen LogP contribution is -2.64. The van der Waals surface area contributed by atoms with Crippen LogP contribution in [-0.2, 0) is 5.54 Å². The SMILES string of the molecule is N#CCC1(n2nc(Nc3ccc(F)cc3)c3c(=O)[nH]ccc32)CN(C(=O)O)C1. The molecule has 0 aliphatic carbocycles. The van der Waals surface area contributed by atoms with Crippen LogP contribution in [0.1, 0.15) is 6.42 Å². The maximum Gasteiger partial charge on any atom is 0.407 e. The van der Waals surface area contributed by atoms with E-state index in [0.29, 0.717) is 11.2 Å². The summed E-state index contributed by atoms with van der Waals surface area (Å²) in [7, 11) is 0. The van der Waals surface area contributed by atoms with Gasteiger partial charge < -0.3 is 20.3 Å². The van der Waals surface area contributed by atoms with Crippen LogP contribution in [0.3, 0.4) is 0 Å². The topological polar surface area (TPSA) is 127 Å². The molecule has 1 aromatic carbocycles. The van der Waals surface area contributed by atoms with E-state index in [1.54, 1.807) is 10.7 Å². The van der Waals surface area contributed by atoms with Crippen molar-refractivity contribution in [2.45, 2.75) is 12.0 Å². The molecule has 0 unspecified atom stereocenters. The highest BCUT2D eigenvalue weighted by atomic mass is 19.1. The van der Waals surface area contributed by atoms with Gasteiger partial charge in [0, 0.05) is 11.9 Å². The number of fused-ring (bicyclic) bond motifs is 1. The van der Waals surface area contributed by atoms with E-state index in [1.807, 2.05) is 0 Å². The zero-order chi connectivity index (χ0) is 19.9. The second-order valence-electron chi connectivity index (χ2n) is 6.66. The van der Waals surface area contributed by atoms with Gasteiger partial charge in [0.2, 0.25) is 0 Å². The number of benzene rings is 1. The number of aromatic nitrogens is 3. The Morgan fingerprint density at radius 3 is 2.71 bits per heavy atom. The molecular weight excluding hydrogens is 367 g/mol. The van der Waals surface area contributed by atoms with Gasteiger partial charge in [0.25, 0.3) is 5.56 Å². The lowest BCUT2D eigenvalue weighted by molar-refractivity contribution is 0.0169. The molecule has 28 heavy (non-hydrogen) atoms. The minimum Gasteiger partial charge on any atom is -0.465 e. The Balaban J connectivity index is 1.82. The molecule has 1 saturated heterocycles. The summed E-state index contributed by atoms with van der Waals surface area (Å²) in [6, 6.07) is 9.32. The lowest BCUT2D eigenvalue weighted by Gasteiger charge is -2.47. The largest absolute Gasteiger partial charge is 0.465 e. The highest BCUT2D eigenvalue weighted by Crippen LogP contribution is 2.36. The number of aromatic amines is 1. The van der Waals surface area contributed by atoms with E-state index in [4.69, 9.17) is 0 Å². The molecule has 3 N–H and O–H groups in total. The van der Waals surface area contributed by atoms with Crippen molar-refractivity contribution in [3.05, 3.63) is 52.7 Å². The standard InChI is InChI=1S/C18H15FN6O3/c19-11-1-3-12(4-2-11)22-15-14-13(5-8-21-16(14)26)25(23-15)18(6-7-20)9-24(10-18)17(27)28/h1-5,8H,6,9-10H2,(H,21,26)(H,22,23)(H,27,28). The summed E-state index contributed by atoms with van der Waals surface area (Å²) in [5.41, 5.74) is -0.225. The number of rotatable bonds is 4. The first-order valence-electron chi connectivity index (χ1n) is 8.42. The first-order chi connectivity index (χ1) is 13.4. The summed E-state index contributed by atoms with van der Waals surface area (Å²) in [4.78, 5) is 27.4. The first kappa shape index (κ1) is 17.5. The average Bonchev–Trinajstić information content (AvgIpc) is 2.99. The number of halogens is 1. The predicted octanol–water partition coefficient (Wildman–Crippen LogP) is 2.21. The van der Waals surface area contributed by atoms with Crippen molar-refractivity contribution in [1.82, 2.24) is 19.7 Å². The molecule has 1 amide bonds. The number of hydrogen-bond donors (Lipinski definition) is 3. The van der Waals surface area contributed by atoms with Crippen LogP contribution in [0.5, 0.6) is 0 Å². The smallest absolute Gasteiger partial charge is 0.407 e. The molecule has 0 atom stereocenters. The number of likely N-dealkylation sites (tertiary alicyclic amines) is 1. The summed E-state index contributed by atoms with van der Waals surface area (Å²) in [5.74, 6) is -0.149. The summed E-state index contributed by atoms with van der Waals surface area (Å²) in [6.45, 7) is 0.185. The number of pyridine rings is 1. The van der Waals surface area contributed by atoms with E-state index in [-0.39, 0.29) is 36.3 Å². The number of carboxylic acid groups (broad SMARTS) is 1. The van der Waals surface area contributed by atoms with E-state index in [2.05, 4.69) is 21.5 Å². The van der Waals surface area contributed by atoms with Crippen LogP contribution in [0.25, 0.3) is 10.9 Å². The fourth-order valence-corrected chi connectivity index (χ4v) is 3.46. The fourth-order valence-electron chi connectivity index (χ4n) is 3.46. The Morgan fingerprint density at radius 1 is 1.36 bits per heavy atom. The van der Waals surface area contributed by atoms with Crippen LogP contribution in [0.4, 0.5) is 20.7 Å². The number of amides is 1. The molecule has 4 rings (SSSR count). The van der Waals surface area contributed by atoms with Gasteiger partial charge in [0.1, 0.15) is 16.7 Å². The highest BCUT2D eigenvalue weighted by molar-refractivity contribution is 5.91. The zero-order valence-corrected chi connectivity index (χ0v) is 14.5. The molecule has 1 aliphatic rings. The van der Waals surface area contributed by atoms with E-state index in [1.165, 1.54) is 35.4 Å². The monoisotopic (exact) mass is 382 g/mol. The minimum atomic E-state index is -1.08. The average molecular weight is 382 g/mol. The van der Waals surface area contributed by atoms with Gasteiger partial charge in [-0.2, -0.15) is 10.4 Å². The Labute approximate surface area is 157 Å². The molecule has 0 saturated carbocycles. The van der Waals surface area contributed by atoms with Crippen molar-refractivity contribution in [2.24, 2.45) is 0 Å². The van der Waals surface area contributed by atoms with Gasteiger partial charge in [-0.05, 0) is 30.3 Å². The Morgan fingerprint density at radius 2 is 2.07 bits per heavy atom. The molecule has 0 bridgehead atoms. The van der Waals surface area contributed by atoms with Gasteiger partial charge in [0.05, 0.1) is 31.1 Å². The van der Waals surface area contributed by atoms with Crippen molar-refractivity contribution in [3.8, 4) is 6.07 Å². The number of carbonyl (C=O) groups is 1. The molecule has 1 fully saturated rings. The van der Waals surface area contributed by atoms with Crippen molar-refractivity contribution < 1.29 is 14.3 Å². The van der Waals surface area contributed by atoms with Crippen LogP contribution >= 0.6 is 0 Å². The third kappa shape index (κ3) is 2.73. The third-order valence-corrected chi connectivity index (χ3v) is 4.81. The summed E-state index contributed by atoms with van der Waals surface area (Å²) < 4.78 is 14.7. The zero-order valence-electron chi connectivity index (χ0n) is 14.5. The van der Waals surface area contributed by atoms with Crippen LogP contribution in [-0.4, -0.2) is 44.0 Å². The van der Waals surface area contributed by atoms with Gasteiger partial charge in [-0.15, -0.1) is 0 Å². The highest BCUT2D eigenvalue weighted by Gasteiger charge is 2.48. The van der Waals surface area contributed by atoms with Crippen molar-refractivity contribution in [3.63, 3.8) is 0 Å². The molecule has 3 heterocycles. The van der Waals surface area contributed by atoms with Crippen LogP contribution in [0.2, 0.25) is 0 Å². The molecular formula is C18H15FN6O3. The predicted molar refractivity (Wildman–Crippen MR) is 97.8 cm³/mol. The second-order valence-corrected chi connectivity index (χ2v) is 6.66. The third-order valence-electron chi connectivity index (χ3n) is 4.81. The van der Waals surface area contributed by atoms with E-state index >= 15 is 0 Å². The second kappa shape index (κ2) is 6.38. The van der Waals surface area contributed by atoms with Crippen LogP contribution < -0.4 is 10.9 Å². The maximum atomic E-state index is 13.2. The molecule has 9 nitrogen and oxygen atoms in total. The number of hydrogen-bond acceptors (Lipinski definition) is 5. The van der Waals surface area contributed by atoms with Gasteiger partial charge in [-0.3, -0.25) is 9.48 Å². The number of anilines is 2. The molecule has 10 heteroatoms. The van der Waals surface area contributed by atoms with Crippen LogP contribution in [0, 0.1) is 17.1 Å². The normalized spacial score (nSPS) is 15.1. The molecule has 2 aromatic heterocycles. The van der Waals surface area contributed by atoms with Crippen molar-refractivity contribution in [1.29, 1.82) is 5.26 Å². The summed E-state index contributed by atoms with van der Waals surface area (Å²) in [6.07, 6.45) is 0.432. The molecule has 1 aliphatic heterocycles. The van der Waals surface area contributed by atoms with Gasteiger partial charge >= 0.3 is 6.09 Å². The Kier molecular flexibility index (Phi) is 4.00. The van der Waals surface area contributed by atoms with E-state index in [9.17, 15) is 24.3 Å². The quantitative estimate of drug-likeness (QED) is 0.635. The Hall–Kier alpha value is -3.87. The summed E-state index contributed by atoms with van der Waals surface area (Å²) in [5, 5.41) is 26.2. The minimum absolute atomic E-state index is 0.0380. The molecule has 0 spiro atoms. The summed E-state index contributed by atoms with van der Waals surface area (Å²) >= 11 is 0. The number of H-pyrrole nitrogens is 1. The Bertz CT molecular complexity index is 1150. The molecule has 142 valence electrons. The molecule has 0 radical (unpaired) electrons. The molecule has 3 aromatic rings. The van der Waals surface area contributed by atoms with Crippen LogP contribution in [0.15, 0.2) is 41.3 Å². The van der Waals surface area contributed by atoms with Gasteiger partial charge in [-0.25, -0.2) is 9.18 Å². The fraction of sp³-hybridized carbons (Fsp3) is 0.222. The van der Waals surface area contributed by atoms with Gasteiger partial charge in [0.15, 0.2) is 5.82 Å². The van der Waals surface area contributed by atoms with E-state index < -0.39 is 17.4 Å². The maximum absolute atomic E-state index is 13.2.